The number of hydrogen-bond donors (Lipinski definition) is 2. The molecule has 0 aromatic heterocycles. The van der Waals surface area contributed by atoms with Crippen molar-refractivity contribution < 1.29 is 35.2 Å². The maximum Gasteiger partial charge on any atom is 0.408 e. The van der Waals surface area contributed by atoms with Gasteiger partial charge in [-0.1, -0.05) is 24.3 Å². The number of nitrogens with zero attached hydrogens (tertiary/aromatic N) is 2. The van der Waals surface area contributed by atoms with Gasteiger partial charge >= 0.3 is 6.18 Å². The first-order valence-corrected chi connectivity index (χ1v) is 12.3. The Bertz CT molecular complexity index is 1340. The van der Waals surface area contributed by atoms with Gasteiger partial charge < -0.3 is 5.32 Å². The lowest BCUT2D eigenvalue weighted by atomic mass is 10.0. The van der Waals surface area contributed by atoms with Gasteiger partial charge in [-0.25, -0.2) is 17.2 Å². The zero-order chi connectivity index (χ0) is 26.7. The van der Waals surface area contributed by atoms with Gasteiger partial charge in [-0.3, -0.25) is 10.1 Å². The van der Waals surface area contributed by atoms with Crippen LogP contribution in [0.3, 0.4) is 0 Å². The van der Waals surface area contributed by atoms with Gasteiger partial charge in [0.2, 0.25) is 5.91 Å². The second kappa shape index (κ2) is 10.2. The molecule has 190 valence electrons. The summed E-state index contributed by atoms with van der Waals surface area (Å²) in [5, 5.41) is 22.5. The monoisotopic (exact) mass is 526 g/mol. The number of alkyl halides is 3. The molecule has 2 N–H and O–H groups in total. The molecule has 1 aliphatic rings. The summed E-state index contributed by atoms with van der Waals surface area (Å²) < 4.78 is 95.1. The highest BCUT2D eigenvalue weighted by Crippen LogP contribution is 2.36. The number of nitriles is 2. The Hall–Kier alpha value is -3.55. The molecule has 2 aromatic carbocycles. The van der Waals surface area contributed by atoms with Crippen molar-refractivity contribution in [1.29, 1.82) is 10.5 Å². The zero-order valence-corrected chi connectivity index (χ0v) is 19.3. The summed E-state index contributed by atoms with van der Waals surface area (Å²) in [4.78, 5) is 12.9. The quantitative estimate of drug-likeness (QED) is 0.484. The van der Waals surface area contributed by atoms with Crippen LogP contribution >= 0.6 is 0 Å². The maximum absolute atomic E-state index is 14.3. The van der Waals surface area contributed by atoms with E-state index in [1.165, 1.54) is 24.3 Å². The molecule has 0 heterocycles. The number of sulfone groups is 1. The van der Waals surface area contributed by atoms with Crippen molar-refractivity contribution in [3.8, 4) is 12.1 Å². The van der Waals surface area contributed by atoms with Gasteiger partial charge in [0.15, 0.2) is 9.84 Å². The van der Waals surface area contributed by atoms with Gasteiger partial charge in [0.05, 0.1) is 29.2 Å². The molecule has 0 spiro atoms. The average molecular weight is 526 g/mol. The summed E-state index contributed by atoms with van der Waals surface area (Å²) in [6.07, 6.45) is -4.76. The highest BCUT2D eigenvalue weighted by Gasteiger charge is 2.48. The predicted octanol–water partition coefficient (Wildman–Crippen LogP) is 3.19. The molecule has 1 saturated carbocycles. The normalized spacial score (nSPS) is 16.3. The van der Waals surface area contributed by atoms with Gasteiger partial charge in [-0.05, 0) is 30.5 Å². The van der Waals surface area contributed by atoms with Gasteiger partial charge in [-0.15, -0.1) is 0 Å². The number of nitrogens with one attached hydrogen (secondary N) is 2. The van der Waals surface area contributed by atoms with Crippen LogP contribution in [-0.2, 0) is 20.4 Å². The molecule has 36 heavy (non-hydrogen) atoms. The largest absolute Gasteiger partial charge is 0.408 e. The van der Waals surface area contributed by atoms with Crippen molar-refractivity contribution in [1.82, 2.24) is 10.6 Å². The number of hydrogen-bond acceptors (Lipinski definition) is 6. The van der Waals surface area contributed by atoms with Crippen molar-refractivity contribution in [2.75, 3.05) is 5.75 Å². The van der Waals surface area contributed by atoms with Crippen molar-refractivity contribution in [2.24, 2.45) is 0 Å². The van der Waals surface area contributed by atoms with E-state index in [-0.39, 0.29) is 30.0 Å². The number of rotatable bonds is 9. The molecule has 13 heteroatoms. The molecule has 0 unspecified atom stereocenters. The molecular weight excluding hydrogens is 507 g/mol. The van der Waals surface area contributed by atoms with Crippen LogP contribution in [0.1, 0.15) is 35.6 Å². The third-order valence-electron chi connectivity index (χ3n) is 5.55. The SMILES string of the molecule is N#Cc1ccccc1CS(=O)(=O)C[C@H](N[C@H](c1ccc(F)cc1F)C(F)(F)F)C(=O)NC1(C#N)CC1. The molecular formula is C23H19F5N4O3S. The molecule has 3 rings (SSSR count). The Morgan fingerprint density at radius 3 is 2.33 bits per heavy atom. The Morgan fingerprint density at radius 2 is 1.78 bits per heavy atom. The van der Waals surface area contributed by atoms with Gasteiger partial charge in [0.25, 0.3) is 0 Å². The van der Waals surface area contributed by atoms with Gasteiger partial charge in [-0.2, -0.15) is 23.7 Å². The number of carbonyl (C=O) groups excluding carboxylic acids is 1. The zero-order valence-electron chi connectivity index (χ0n) is 18.4. The topological polar surface area (TPSA) is 123 Å². The fourth-order valence-electron chi connectivity index (χ4n) is 3.51. The van der Waals surface area contributed by atoms with Crippen LogP contribution in [0.4, 0.5) is 22.0 Å². The van der Waals surface area contributed by atoms with E-state index in [4.69, 9.17) is 0 Å². The Balaban J connectivity index is 1.96. The summed E-state index contributed by atoms with van der Waals surface area (Å²) in [6.45, 7) is 0. The first kappa shape index (κ1) is 27.0. The lowest BCUT2D eigenvalue weighted by Gasteiger charge is -2.28. The van der Waals surface area contributed by atoms with E-state index in [1.54, 1.807) is 0 Å². The summed E-state index contributed by atoms with van der Waals surface area (Å²) >= 11 is 0. The molecule has 2 atom stereocenters. The Morgan fingerprint density at radius 1 is 1.11 bits per heavy atom. The van der Waals surface area contributed by atoms with Crippen molar-refractivity contribution in [3.05, 3.63) is 70.8 Å². The fraction of sp³-hybridized carbons (Fsp3) is 0.348. The molecule has 0 saturated heterocycles. The van der Waals surface area contributed by atoms with Crippen LogP contribution in [0, 0.1) is 34.3 Å². The molecule has 1 fully saturated rings. The smallest absolute Gasteiger partial charge is 0.336 e. The maximum atomic E-state index is 14.3. The fourth-order valence-corrected chi connectivity index (χ4v) is 5.11. The van der Waals surface area contributed by atoms with E-state index in [2.05, 4.69) is 5.32 Å². The van der Waals surface area contributed by atoms with E-state index in [1.807, 2.05) is 17.5 Å². The molecule has 1 aliphatic carbocycles. The summed E-state index contributed by atoms with van der Waals surface area (Å²) in [5.41, 5.74) is -2.27. The lowest BCUT2D eigenvalue weighted by Crippen LogP contribution is -2.54. The Labute approximate surface area is 203 Å². The molecule has 1 amide bonds. The van der Waals surface area contributed by atoms with E-state index in [0.29, 0.717) is 12.1 Å². The lowest BCUT2D eigenvalue weighted by molar-refractivity contribution is -0.161. The van der Waals surface area contributed by atoms with E-state index in [9.17, 15) is 45.7 Å². The minimum Gasteiger partial charge on any atom is -0.336 e. The first-order chi connectivity index (χ1) is 16.8. The molecule has 0 bridgehead atoms. The van der Waals surface area contributed by atoms with Crippen molar-refractivity contribution >= 4 is 15.7 Å². The van der Waals surface area contributed by atoms with Crippen LogP contribution in [0.5, 0.6) is 0 Å². The van der Waals surface area contributed by atoms with E-state index in [0.717, 1.165) is 0 Å². The standard InChI is InChI=1S/C23H19F5N4O3S/c24-16-5-6-17(18(25)9-16)20(23(26,27)28)31-19(21(33)32-22(13-30)7-8-22)12-36(34,35)11-15-4-2-1-3-14(15)10-29/h1-6,9,19-20,31H,7-8,11-12H2,(H,32,33)/t19-,20+/m0/s1. The molecule has 2 aromatic rings. The summed E-state index contributed by atoms with van der Waals surface area (Å²) in [5.74, 6) is -5.80. The molecule has 0 aliphatic heterocycles. The van der Waals surface area contributed by atoms with Crippen molar-refractivity contribution in [3.63, 3.8) is 0 Å². The predicted molar refractivity (Wildman–Crippen MR) is 116 cm³/mol. The molecule has 0 radical (unpaired) electrons. The number of benzene rings is 2. The number of amides is 1. The number of carbonyl (C=O) groups is 1. The van der Waals surface area contributed by atoms with Gasteiger partial charge in [0, 0.05) is 11.6 Å². The van der Waals surface area contributed by atoms with Crippen LogP contribution in [-0.4, -0.2) is 37.8 Å². The summed E-state index contributed by atoms with van der Waals surface area (Å²) in [6, 6.07) is 5.73. The summed E-state index contributed by atoms with van der Waals surface area (Å²) in [7, 11) is -4.32. The minimum atomic E-state index is -5.21. The van der Waals surface area contributed by atoms with Gasteiger partial charge in [0.1, 0.15) is 29.3 Å². The third-order valence-corrected chi connectivity index (χ3v) is 7.14. The number of halogens is 5. The van der Waals surface area contributed by atoms with Crippen LogP contribution in [0.25, 0.3) is 0 Å². The van der Waals surface area contributed by atoms with Crippen molar-refractivity contribution in [2.45, 2.75) is 42.4 Å². The van der Waals surface area contributed by atoms with E-state index >= 15 is 0 Å². The van der Waals surface area contributed by atoms with Crippen LogP contribution in [0.15, 0.2) is 42.5 Å². The molecule has 7 nitrogen and oxygen atoms in total. The second-order valence-corrected chi connectivity index (χ2v) is 10.5. The Kier molecular flexibility index (Phi) is 7.67. The third kappa shape index (κ3) is 6.56. The first-order valence-electron chi connectivity index (χ1n) is 10.5. The highest BCUT2D eigenvalue weighted by atomic mass is 32.2. The second-order valence-electron chi connectivity index (χ2n) is 8.37. The van der Waals surface area contributed by atoms with E-state index < -0.39 is 68.2 Å². The minimum absolute atomic E-state index is 0.0259. The van der Waals surface area contributed by atoms with Crippen LogP contribution < -0.4 is 10.6 Å². The highest BCUT2D eigenvalue weighted by molar-refractivity contribution is 7.90. The van der Waals surface area contributed by atoms with Crippen LogP contribution in [0.2, 0.25) is 0 Å². The average Bonchev–Trinajstić information content (AvgIpc) is 3.56.